The zero-order valence-electron chi connectivity index (χ0n) is 22.4. The summed E-state index contributed by atoms with van der Waals surface area (Å²) < 4.78 is 6.49. The molecule has 3 aromatic rings. The van der Waals surface area contributed by atoms with Gasteiger partial charge in [-0.3, -0.25) is 9.59 Å². The van der Waals surface area contributed by atoms with Crippen LogP contribution in [0.2, 0.25) is 0 Å². The lowest BCUT2D eigenvalue weighted by Crippen LogP contribution is -2.57. The van der Waals surface area contributed by atoms with Crippen molar-refractivity contribution in [2.75, 3.05) is 0 Å². The third-order valence-corrected chi connectivity index (χ3v) is 10.1. The van der Waals surface area contributed by atoms with Crippen LogP contribution in [0.4, 0.5) is 0 Å². The average molecular weight is 510 g/mol. The van der Waals surface area contributed by atoms with Gasteiger partial charge in [0.2, 0.25) is 11.7 Å². The summed E-state index contributed by atoms with van der Waals surface area (Å²) in [4.78, 5) is 34.5. The van der Waals surface area contributed by atoms with Crippen LogP contribution in [-0.2, 0) is 21.4 Å². The number of rotatable bonds is 2. The summed E-state index contributed by atoms with van der Waals surface area (Å²) in [5.74, 6) is 0.242. The summed E-state index contributed by atoms with van der Waals surface area (Å²) in [6.45, 7) is 8.46. The van der Waals surface area contributed by atoms with E-state index in [-0.39, 0.29) is 53.1 Å². The van der Waals surface area contributed by atoms with E-state index in [2.05, 4.69) is 72.6 Å². The standard InChI is InChI=1S/C32H35N3O3/c1-17-8-7-10-22-29-31(4,38-29)19(3)27-25(15-20-16-33-23-11-6-5-9-21(20)23)35-30(37)32(22,27)26-13-12-24(34-26)28(36)18(2)14-17/h5-7,9-14,16-17,19,22,25,27,29,33-34H,8,15H2,1-4H3,(H,35,37)/b10-7+,18-14+/t17-,19-,22-,25-,27-,29-,31+,32+/m0/s1. The van der Waals surface area contributed by atoms with Crippen molar-refractivity contribution in [2.24, 2.45) is 23.7 Å². The molecular formula is C32H35N3O3. The Kier molecular flexibility index (Phi) is 5.03. The van der Waals surface area contributed by atoms with E-state index in [0.717, 1.165) is 29.6 Å². The van der Waals surface area contributed by atoms with Gasteiger partial charge in [-0.15, -0.1) is 0 Å². The number of aromatic amines is 2. The minimum Gasteiger partial charge on any atom is -0.365 e. The number of allylic oxidation sites excluding steroid dienone is 3. The first-order valence-electron chi connectivity index (χ1n) is 13.9. The average Bonchev–Trinajstić information content (AvgIpc) is 3.23. The van der Waals surface area contributed by atoms with E-state index in [9.17, 15) is 9.59 Å². The zero-order valence-corrected chi connectivity index (χ0v) is 22.4. The van der Waals surface area contributed by atoms with Crippen molar-refractivity contribution in [1.82, 2.24) is 15.3 Å². The lowest BCUT2D eigenvalue weighted by molar-refractivity contribution is -0.127. The van der Waals surface area contributed by atoms with Crippen LogP contribution >= 0.6 is 0 Å². The first kappa shape index (κ1) is 23.7. The van der Waals surface area contributed by atoms with E-state index in [1.165, 1.54) is 10.9 Å². The molecule has 8 atom stereocenters. The van der Waals surface area contributed by atoms with E-state index in [1.54, 1.807) is 0 Å². The van der Waals surface area contributed by atoms with E-state index in [0.29, 0.717) is 5.69 Å². The summed E-state index contributed by atoms with van der Waals surface area (Å²) in [5.41, 5.74) is 3.29. The highest BCUT2D eigenvalue weighted by molar-refractivity contribution is 6.07. The molecule has 5 heterocycles. The lowest BCUT2D eigenvalue weighted by Gasteiger charge is -2.46. The normalized spacial score (nSPS) is 40.2. The van der Waals surface area contributed by atoms with Crippen LogP contribution in [0.3, 0.4) is 0 Å². The number of hydrogen-bond acceptors (Lipinski definition) is 3. The third-order valence-electron chi connectivity index (χ3n) is 10.1. The maximum Gasteiger partial charge on any atom is 0.233 e. The molecule has 1 aliphatic carbocycles. The van der Waals surface area contributed by atoms with Crippen LogP contribution in [0.15, 0.2) is 66.4 Å². The number of H-pyrrole nitrogens is 2. The maximum atomic E-state index is 14.4. The molecule has 1 amide bonds. The van der Waals surface area contributed by atoms with Gasteiger partial charge in [0, 0.05) is 40.7 Å². The molecule has 2 bridgehead atoms. The molecule has 3 aliphatic heterocycles. The Hall–Kier alpha value is -3.38. The maximum absolute atomic E-state index is 14.4. The number of benzene rings is 1. The van der Waals surface area contributed by atoms with Crippen molar-refractivity contribution in [3.05, 3.63) is 83.3 Å². The summed E-state index contributed by atoms with van der Waals surface area (Å²) in [6.07, 6.45) is 10.1. The van der Waals surface area contributed by atoms with Gasteiger partial charge in [-0.2, -0.15) is 0 Å². The van der Waals surface area contributed by atoms with Gasteiger partial charge in [0.1, 0.15) is 5.41 Å². The summed E-state index contributed by atoms with van der Waals surface area (Å²) in [7, 11) is 0. The van der Waals surface area contributed by atoms with Gasteiger partial charge >= 0.3 is 0 Å². The summed E-state index contributed by atoms with van der Waals surface area (Å²) in [6, 6.07) is 12.1. The van der Waals surface area contributed by atoms with E-state index >= 15 is 0 Å². The summed E-state index contributed by atoms with van der Waals surface area (Å²) in [5, 5.41) is 4.65. The minimum absolute atomic E-state index is 0.0118. The molecule has 196 valence electrons. The molecule has 3 N–H and O–H groups in total. The molecule has 0 unspecified atom stereocenters. The van der Waals surface area contributed by atoms with Crippen LogP contribution in [0.1, 0.15) is 55.9 Å². The van der Waals surface area contributed by atoms with Gasteiger partial charge in [-0.1, -0.05) is 50.3 Å². The first-order valence-corrected chi connectivity index (χ1v) is 13.9. The van der Waals surface area contributed by atoms with Crippen molar-refractivity contribution in [3.63, 3.8) is 0 Å². The predicted octanol–water partition coefficient (Wildman–Crippen LogP) is 5.24. The molecule has 4 aliphatic rings. The third kappa shape index (κ3) is 3.10. The molecule has 6 heteroatoms. The number of nitrogens with one attached hydrogen (secondary N) is 3. The lowest BCUT2D eigenvalue weighted by atomic mass is 9.52. The Balaban J connectivity index is 1.40. The Morgan fingerprint density at radius 2 is 1.92 bits per heavy atom. The molecular weight excluding hydrogens is 474 g/mol. The topological polar surface area (TPSA) is 90.3 Å². The SMILES string of the molecule is C/C1=C\[C@@H](C)C/C=C/[C@H]2[C@@H]3O[C@]3(C)[C@@H](C)[C@H]3[C@H](Cc4c[nH]c5ccccc45)NC(=O)[C@]32c2ccc([nH]2)C1=O. The highest BCUT2D eigenvalue weighted by Crippen LogP contribution is 2.66. The molecule has 7 rings (SSSR count). The van der Waals surface area contributed by atoms with E-state index < -0.39 is 5.41 Å². The fourth-order valence-electron chi connectivity index (χ4n) is 8.03. The van der Waals surface area contributed by atoms with Crippen molar-refractivity contribution >= 4 is 22.6 Å². The van der Waals surface area contributed by atoms with Crippen molar-refractivity contribution in [1.29, 1.82) is 0 Å². The highest BCUT2D eigenvalue weighted by atomic mass is 16.6. The Bertz CT molecular complexity index is 1530. The monoisotopic (exact) mass is 509 g/mol. The molecule has 2 saturated heterocycles. The molecule has 1 spiro atoms. The number of ether oxygens (including phenoxy) is 1. The number of Topliss-reactive ketones (excluding diaryl/α,β-unsaturated/α-hetero) is 1. The fourth-order valence-corrected chi connectivity index (χ4v) is 8.03. The second-order valence-corrected chi connectivity index (χ2v) is 12.2. The Morgan fingerprint density at radius 1 is 1.11 bits per heavy atom. The quantitative estimate of drug-likeness (QED) is 0.326. The number of carbonyl (C=O) groups is 2. The predicted molar refractivity (Wildman–Crippen MR) is 147 cm³/mol. The number of hydrogen-bond donors (Lipinski definition) is 3. The smallest absolute Gasteiger partial charge is 0.233 e. The van der Waals surface area contributed by atoms with Crippen molar-refractivity contribution < 1.29 is 14.3 Å². The number of fused-ring (bicyclic) bond motifs is 5. The van der Waals surface area contributed by atoms with Crippen LogP contribution in [0.25, 0.3) is 10.9 Å². The van der Waals surface area contributed by atoms with E-state index in [1.807, 2.05) is 31.2 Å². The Labute approximate surface area is 222 Å². The largest absolute Gasteiger partial charge is 0.365 e. The molecule has 2 aromatic heterocycles. The van der Waals surface area contributed by atoms with Gasteiger partial charge in [0.15, 0.2) is 0 Å². The van der Waals surface area contributed by atoms with Gasteiger partial charge in [0.25, 0.3) is 0 Å². The Morgan fingerprint density at radius 3 is 2.76 bits per heavy atom. The molecule has 6 nitrogen and oxygen atoms in total. The van der Waals surface area contributed by atoms with Gasteiger partial charge in [-0.05, 0) is 67.9 Å². The highest BCUT2D eigenvalue weighted by Gasteiger charge is 2.77. The number of amides is 1. The van der Waals surface area contributed by atoms with E-state index in [4.69, 9.17) is 4.74 Å². The number of carbonyl (C=O) groups excluding carboxylic acids is 2. The number of ketones is 1. The van der Waals surface area contributed by atoms with Crippen LogP contribution in [-0.4, -0.2) is 39.4 Å². The molecule has 1 aromatic carbocycles. The van der Waals surface area contributed by atoms with Gasteiger partial charge in [-0.25, -0.2) is 0 Å². The number of para-hydroxylation sites is 1. The molecule has 38 heavy (non-hydrogen) atoms. The minimum atomic E-state index is -0.841. The second kappa shape index (κ2) is 8.06. The van der Waals surface area contributed by atoms with Gasteiger partial charge < -0.3 is 20.0 Å². The molecule has 0 radical (unpaired) electrons. The number of epoxide rings is 1. The first-order chi connectivity index (χ1) is 18.2. The van der Waals surface area contributed by atoms with Crippen LogP contribution in [0, 0.1) is 23.7 Å². The molecule has 3 fully saturated rings. The van der Waals surface area contributed by atoms with Crippen LogP contribution < -0.4 is 5.32 Å². The molecule has 1 saturated carbocycles. The van der Waals surface area contributed by atoms with Crippen LogP contribution in [0.5, 0.6) is 0 Å². The number of aromatic nitrogens is 2. The fraction of sp³-hybridized carbons (Fsp3) is 0.438. The second-order valence-electron chi connectivity index (χ2n) is 12.2. The van der Waals surface area contributed by atoms with Crippen molar-refractivity contribution in [3.8, 4) is 0 Å². The van der Waals surface area contributed by atoms with Crippen molar-refractivity contribution in [2.45, 2.75) is 63.7 Å². The zero-order chi connectivity index (χ0) is 26.4. The summed E-state index contributed by atoms with van der Waals surface area (Å²) >= 11 is 0. The van der Waals surface area contributed by atoms with Gasteiger partial charge in [0.05, 0.1) is 17.4 Å².